The SMILES string of the molecule is COc1ccccc1NC(=O)/C(C#N)=C\c1ccc(SCCO)c([N+](=O)[O-])c1. The van der Waals surface area contributed by atoms with Crippen LogP contribution in [0.5, 0.6) is 5.75 Å². The molecule has 144 valence electrons. The number of rotatable bonds is 8. The molecule has 1 amide bonds. The molecule has 9 heteroatoms. The number of nitrogens with zero attached hydrogens (tertiary/aromatic N) is 2. The van der Waals surface area contributed by atoms with Crippen molar-refractivity contribution in [2.75, 3.05) is 24.8 Å². The number of benzene rings is 2. The van der Waals surface area contributed by atoms with Crippen molar-refractivity contribution in [3.8, 4) is 11.8 Å². The third kappa shape index (κ3) is 5.33. The Hall–Kier alpha value is -3.35. The molecular formula is C19H17N3O5S. The number of hydrogen-bond acceptors (Lipinski definition) is 7. The molecule has 28 heavy (non-hydrogen) atoms. The van der Waals surface area contributed by atoms with Crippen LogP contribution in [0.2, 0.25) is 0 Å². The Kier molecular flexibility index (Phi) is 7.56. The highest BCUT2D eigenvalue weighted by atomic mass is 32.2. The van der Waals surface area contributed by atoms with Crippen LogP contribution in [0.25, 0.3) is 6.08 Å². The number of nitro benzene ring substituents is 1. The van der Waals surface area contributed by atoms with Gasteiger partial charge in [-0.15, -0.1) is 11.8 Å². The fourth-order valence-electron chi connectivity index (χ4n) is 2.30. The highest BCUT2D eigenvalue weighted by Crippen LogP contribution is 2.30. The van der Waals surface area contributed by atoms with Gasteiger partial charge in [0.25, 0.3) is 11.6 Å². The molecule has 8 nitrogen and oxygen atoms in total. The number of thioether (sulfide) groups is 1. The number of para-hydroxylation sites is 2. The van der Waals surface area contributed by atoms with Crippen molar-refractivity contribution in [3.05, 3.63) is 63.7 Å². The maximum Gasteiger partial charge on any atom is 0.283 e. The molecular weight excluding hydrogens is 382 g/mol. The van der Waals surface area contributed by atoms with E-state index >= 15 is 0 Å². The number of methoxy groups -OCH3 is 1. The van der Waals surface area contributed by atoms with Gasteiger partial charge in [-0.25, -0.2) is 0 Å². The molecule has 2 aromatic carbocycles. The van der Waals surface area contributed by atoms with E-state index in [0.717, 1.165) is 11.8 Å². The summed E-state index contributed by atoms with van der Waals surface area (Å²) in [4.78, 5) is 23.6. The first-order valence-corrected chi connectivity index (χ1v) is 9.07. The van der Waals surface area contributed by atoms with Crippen LogP contribution in [-0.2, 0) is 4.79 Å². The van der Waals surface area contributed by atoms with Gasteiger partial charge < -0.3 is 15.2 Å². The molecule has 2 rings (SSSR count). The number of nitrogens with one attached hydrogen (secondary N) is 1. The normalized spacial score (nSPS) is 10.8. The number of nitriles is 1. The van der Waals surface area contributed by atoms with Crippen molar-refractivity contribution in [1.29, 1.82) is 5.26 Å². The Balaban J connectivity index is 2.30. The highest BCUT2D eigenvalue weighted by Gasteiger charge is 2.16. The lowest BCUT2D eigenvalue weighted by molar-refractivity contribution is -0.387. The van der Waals surface area contributed by atoms with E-state index in [1.807, 2.05) is 0 Å². The quantitative estimate of drug-likeness (QED) is 0.229. The molecule has 0 saturated carbocycles. The van der Waals surface area contributed by atoms with Gasteiger partial charge in [0.05, 0.1) is 29.2 Å². The summed E-state index contributed by atoms with van der Waals surface area (Å²) in [7, 11) is 1.46. The zero-order chi connectivity index (χ0) is 20.5. The zero-order valence-corrected chi connectivity index (χ0v) is 15.7. The van der Waals surface area contributed by atoms with Crippen LogP contribution < -0.4 is 10.1 Å². The molecule has 0 radical (unpaired) electrons. The van der Waals surface area contributed by atoms with Gasteiger partial charge >= 0.3 is 0 Å². The van der Waals surface area contributed by atoms with Crippen LogP contribution in [0.15, 0.2) is 52.9 Å². The lowest BCUT2D eigenvalue weighted by Crippen LogP contribution is -2.14. The number of anilines is 1. The summed E-state index contributed by atoms with van der Waals surface area (Å²) in [6, 6.07) is 12.9. The van der Waals surface area contributed by atoms with Crippen molar-refractivity contribution in [1.82, 2.24) is 0 Å². The average molecular weight is 399 g/mol. The number of aliphatic hydroxyl groups is 1. The number of ether oxygens (including phenoxy) is 1. The predicted molar refractivity (Wildman–Crippen MR) is 106 cm³/mol. The molecule has 0 saturated heterocycles. The van der Waals surface area contributed by atoms with Crippen molar-refractivity contribution in [2.45, 2.75) is 4.90 Å². The smallest absolute Gasteiger partial charge is 0.283 e. The first kappa shape index (κ1) is 21.0. The Labute approximate surface area is 165 Å². The largest absolute Gasteiger partial charge is 0.495 e. The first-order valence-electron chi connectivity index (χ1n) is 8.08. The molecule has 0 fully saturated rings. The summed E-state index contributed by atoms with van der Waals surface area (Å²) >= 11 is 1.15. The van der Waals surface area contributed by atoms with Gasteiger partial charge in [0.15, 0.2) is 0 Å². The van der Waals surface area contributed by atoms with E-state index in [1.165, 1.54) is 25.3 Å². The monoisotopic (exact) mass is 399 g/mol. The van der Waals surface area contributed by atoms with Gasteiger partial charge in [0.2, 0.25) is 0 Å². The average Bonchev–Trinajstić information content (AvgIpc) is 2.70. The molecule has 0 aliphatic rings. The molecule has 0 heterocycles. The number of aliphatic hydroxyl groups excluding tert-OH is 1. The van der Waals surface area contributed by atoms with Gasteiger partial charge in [0.1, 0.15) is 17.4 Å². The van der Waals surface area contributed by atoms with E-state index in [1.54, 1.807) is 36.4 Å². The van der Waals surface area contributed by atoms with Crippen molar-refractivity contribution in [3.63, 3.8) is 0 Å². The van der Waals surface area contributed by atoms with Crippen LogP contribution in [0.3, 0.4) is 0 Å². The zero-order valence-electron chi connectivity index (χ0n) is 14.9. The topological polar surface area (TPSA) is 125 Å². The second kappa shape index (κ2) is 10.1. The van der Waals surface area contributed by atoms with Gasteiger partial charge in [-0.2, -0.15) is 5.26 Å². The van der Waals surface area contributed by atoms with Crippen molar-refractivity contribution >= 4 is 35.1 Å². The molecule has 0 aromatic heterocycles. The molecule has 0 aliphatic heterocycles. The summed E-state index contributed by atoms with van der Waals surface area (Å²) in [5, 5.41) is 32.1. The van der Waals surface area contributed by atoms with E-state index in [0.29, 0.717) is 27.6 Å². The minimum absolute atomic E-state index is 0.106. The summed E-state index contributed by atoms with van der Waals surface area (Å²) in [5.74, 6) is 0.100. The standard InChI is InChI=1S/C19H17N3O5S/c1-27-17-5-3-2-4-15(17)21-19(24)14(12-20)10-13-6-7-18(28-9-8-23)16(11-13)22(25)26/h2-7,10-11,23H,8-9H2,1H3,(H,21,24)/b14-10-. The van der Waals surface area contributed by atoms with Crippen LogP contribution in [0, 0.1) is 21.4 Å². The predicted octanol–water partition coefficient (Wildman–Crippen LogP) is 3.23. The second-order valence-corrected chi connectivity index (χ2v) is 6.52. The number of nitro groups is 1. The molecule has 0 spiro atoms. The molecule has 2 N–H and O–H groups in total. The van der Waals surface area contributed by atoms with Crippen LogP contribution in [0.4, 0.5) is 11.4 Å². The minimum Gasteiger partial charge on any atom is -0.495 e. The number of hydrogen-bond donors (Lipinski definition) is 2. The fraction of sp³-hybridized carbons (Fsp3) is 0.158. The lowest BCUT2D eigenvalue weighted by Gasteiger charge is -2.09. The lowest BCUT2D eigenvalue weighted by atomic mass is 10.1. The molecule has 0 atom stereocenters. The van der Waals surface area contributed by atoms with Gasteiger partial charge in [-0.3, -0.25) is 14.9 Å². The van der Waals surface area contributed by atoms with E-state index in [9.17, 15) is 20.2 Å². The third-order valence-electron chi connectivity index (χ3n) is 3.56. The first-order chi connectivity index (χ1) is 13.5. The maximum absolute atomic E-state index is 12.4. The van der Waals surface area contributed by atoms with Crippen LogP contribution >= 0.6 is 11.8 Å². The summed E-state index contributed by atoms with van der Waals surface area (Å²) < 4.78 is 5.15. The Morgan fingerprint density at radius 2 is 2.14 bits per heavy atom. The second-order valence-electron chi connectivity index (χ2n) is 5.38. The molecule has 0 aliphatic carbocycles. The van der Waals surface area contributed by atoms with E-state index in [2.05, 4.69) is 5.32 Å². The summed E-state index contributed by atoms with van der Waals surface area (Å²) in [6.45, 7) is -0.106. The summed E-state index contributed by atoms with van der Waals surface area (Å²) in [6.07, 6.45) is 1.28. The van der Waals surface area contributed by atoms with E-state index in [-0.39, 0.29) is 17.9 Å². The van der Waals surface area contributed by atoms with Gasteiger partial charge in [-0.05, 0) is 29.8 Å². The Bertz CT molecular complexity index is 953. The van der Waals surface area contributed by atoms with Crippen molar-refractivity contribution in [2.24, 2.45) is 0 Å². The van der Waals surface area contributed by atoms with Crippen LogP contribution in [0.1, 0.15) is 5.56 Å². The van der Waals surface area contributed by atoms with Gasteiger partial charge in [0, 0.05) is 11.8 Å². The van der Waals surface area contributed by atoms with Crippen LogP contribution in [-0.4, -0.2) is 35.4 Å². The maximum atomic E-state index is 12.4. The Morgan fingerprint density at radius 1 is 1.39 bits per heavy atom. The van der Waals surface area contributed by atoms with E-state index < -0.39 is 10.8 Å². The molecule has 0 bridgehead atoms. The number of carbonyl (C=O) groups is 1. The number of carbonyl (C=O) groups excluding carboxylic acids is 1. The highest BCUT2D eigenvalue weighted by molar-refractivity contribution is 7.99. The number of amides is 1. The molecule has 0 unspecified atom stereocenters. The Morgan fingerprint density at radius 3 is 2.79 bits per heavy atom. The minimum atomic E-state index is -0.659. The third-order valence-corrected chi connectivity index (χ3v) is 4.60. The van der Waals surface area contributed by atoms with E-state index in [4.69, 9.17) is 9.84 Å². The van der Waals surface area contributed by atoms with Gasteiger partial charge in [-0.1, -0.05) is 18.2 Å². The molecule has 2 aromatic rings. The van der Waals surface area contributed by atoms with Crippen molar-refractivity contribution < 1.29 is 19.6 Å². The summed E-state index contributed by atoms with van der Waals surface area (Å²) in [5.41, 5.74) is 0.371. The fourth-order valence-corrected chi connectivity index (χ4v) is 3.05.